The van der Waals surface area contributed by atoms with Gasteiger partial charge in [0.2, 0.25) is 0 Å². The number of esters is 1. The summed E-state index contributed by atoms with van der Waals surface area (Å²) in [4.78, 5) is 26.1. The number of carbonyl (C=O) groups is 2. The van der Waals surface area contributed by atoms with Gasteiger partial charge in [0.25, 0.3) is 0 Å². The molecule has 6 nitrogen and oxygen atoms in total. The molecule has 0 fully saturated rings. The lowest BCUT2D eigenvalue weighted by atomic mass is 10.1. The number of hydrogen-bond acceptors (Lipinski definition) is 5. The van der Waals surface area contributed by atoms with E-state index in [1.165, 1.54) is 19.2 Å². The largest absolute Gasteiger partial charge is 0.478 e. The third-order valence-electron chi connectivity index (χ3n) is 2.64. The monoisotopic (exact) mass is 260 g/mol. The van der Waals surface area contributed by atoms with Gasteiger partial charge in [-0.1, -0.05) is 6.07 Å². The number of aromatic nitrogens is 1. The molecule has 0 bridgehead atoms. The van der Waals surface area contributed by atoms with Crippen LogP contribution < -0.4 is 5.32 Å². The van der Waals surface area contributed by atoms with E-state index >= 15 is 0 Å². The zero-order chi connectivity index (χ0) is 13.8. The Balaban J connectivity index is 2.39. The highest BCUT2D eigenvalue weighted by Crippen LogP contribution is 2.22. The van der Waals surface area contributed by atoms with Crippen molar-refractivity contribution in [3.8, 4) is 0 Å². The molecule has 0 amide bonds. The van der Waals surface area contributed by atoms with Gasteiger partial charge >= 0.3 is 11.9 Å². The van der Waals surface area contributed by atoms with Crippen molar-refractivity contribution in [2.75, 3.05) is 19.0 Å². The number of carboxylic acid groups (broad SMARTS) is 1. The van der Waals surface area contributed by atoms with Crippen LogP contribution >= 0.6 is 0 Å². The van der Waals surface area contributed by atoms with Crippen LogP contribution in [0, 0.1) is 0 Å². The normalized spacial score (nSPS) is 10.2. The molecule has 1 aromatic heterocycles. The Hall–Kier alpha value is -2.63. The molecule has 2 N–H and O–H groups in total. The smallest absolute Gasteiger partial charge is 0.335 e. The standard InChI is InChI=1S/C13H12N2O4/c1-19-11(16)7-15-12-10-6-9(13(17)18)3-2-8(10)4-5-14-12/h2-6H,7H2,1H3,(H,14,15)(H,17,18). The number of ether oxygens (including phenoxy) is 1. The van der Waals surface area contributed by atoms with E-state index in [1.54, 1.807) is 18.3 Å². The Morgan fingerprint density at radius 3 is 2.84 bits per heavy atom. The average molecular weight is 260 g/mol. The first-order valence-corrected chi connectivity index (χ1v) is 5.54. The van der Waals surface area contributed by atoms with Crippen molar-refractivity contribution in [2.24, 2.45) is 0 Å². The fourth-order valence-electron chi connectivity index (χ4n) is 1.67. The number of carboxylic acids is 1. The van der Waals surface area contributed by atoms with E-state index in [9.17, 15) is 9.59 Å². The minimum Gasteiger partial charge on any atom is -0.478 e. The molecule has 0 aliphatic heterocycles. The van der Waals surface area contributed by atoms with E-state index in [0.717, 1.165) is 5.39 Å². The van der Waals surface area contributed by atoms with Crippen LogP contribution in [0.4, 0.5) is 5.82 Å². The van der Waals surface area contributed by atoms with Gasteiger partial charge in [-0.25, -0.2) is 9.78 Å². The number of benzene rings is 1. The van der Waals surface area contributed by atoms with Crippen LogP contribution in [0.3, 0.4) is 0 Å². The van der Waals surface area contributed by atoms with Crippen molar-refractivity contribution in [1.82, 2.24) is 4.98 Å². The summed E-state index contributed by atoms with van der Waals surface area (Å²) in [5.74, 6) is -0.983. The number of nitrogens with zero attached hydrogens (tertiary/aromatic N) is 1. The van der Waals surface area contributed by atoms with Gasteiger partial charge in [0.15, 0.2) is 0 Å². The van der Waals surface area contributed by atoms with Crippen LogP contribution in [0.15, 0.2) is 30.5 Å². The molecule has 19 heavy (non-hydrogen) atoms. The zero-order valence-corrected chi connectivity index (χ0v) is 10.2. The summed E-state index contributed by atoms with van der Waals surface area (Å²) in [7, 11) is 1.29. The van der Waals surface area contributed by atoms with Gasteiger partial charge in [-0.3, -0.25) is 4.79 Å². The first-order chi connectivity index (χ1) is 9.11. The Kier molecular flexibility index (Phi) is 3.61. The number of rotatable bonds is 4. The fraction of sp³-hybridized carbons (Fsp3) is 0.154. The number of aromatic carboxylic acids is 1. The number of hydrogen-bond donors (Lipinski definition) is 2. The molecular formula is C13H12N2O4. The van der Waals surface area contributed by atoms with Gasteiger partial charge in [-0.2, -0.15) is 0 Å². The predicted octanol–water partition coefficient (Wildman–Crippen LogP) is 1.52. The van der Waals surface area contributed by atoms with Crippen molar-refractivity contribution >= 4 is 28.5 Å². The number of nitrogens with one attached hydrogen (secondary N) is 1. The Morgan fingerprint density at radius 2 is 2.16 bits per heavy atom. The molecule has 0 saturated carbocycles. The number of pyridine rings is 1. The SMILES string of the molecule is COC(=O)CNc1nccc2ccc(C(=O)O)cc12. The lowest BCUT2D eigenvalue weighted by Crippen LogP contribution is -2.15. The highest BCUT2D eigenvalue weighted by atomic mass is 16.5. The Bertz CT molecular complexity index is 640. The summed E-state index contributed by atoms with van der Waals surface area (Å²) < 4.78 is 4.52. The Morgan fingerprint density at radius 1 is 1.37 bits per heavy atom. The maximum absolute atomic E-state index is 11.1. The molecule has 0 unspecified atom stereocenters. The quantitative estimate of drug-likeness (QED) is 0.810. The molecule has 2 rings (SSSR count). The van der Waals surface area contributed by atoms with Gasteiger partial charge in [-0.15, -0.1) is 0 Å². The van der Waals surface area contributed by atoms with Gasteiger partial charge in [-0.05, 0) is 23.6 Å². The van der Waals surface area contributed by atoms with Crippen molar-refractivity contribution in [1.29, 1.82) is 0 Å². The second kappa shape index (κ2) is 5.34. The molecule has 0 atom stereocenters. The first kappa shape index (κ1) is 12.8. The van der Waals surface area contributed by atoms with Crippen molar-refractivity contribution < 1.29 is 19.4 Å². The van der Waals surface area contributed by atoms with Crippen LogP contribution in [-0.2, 0) is 9.53 Å². The van der Waals surface area contributed by atoms with Crippen LogP contribution in [0.5, 0.6) is 0 Å². The summed E-state index contributed by atoms with van der Waals surface area (Å²) >= 11 is 0. The van der Waals surface area contributed by atoms with Gasteiger partial charge in [0.05, 0.1) is 12.7 Å². The van der Waals surface area contributed by atoms with Crippen LogP contribution in [-0.4, -0.2) is 35.7 Å². The molecule has 0 spiro atoms. The van der Waals surface area contributed by atoms with Crippen molar-refractivity contribution in [3.05, 3.63) is 36.0 Å². The molecular weight excluding hydrogens is 248 g/mol. The minimum absolute atomic E-state index is 0.0279. The van der Waals surface area contributed by atoms with Crippen LogP contribution in [0.2, 0.25) is 0 Å². The maximum atomic E-state index is 11.1. The van der Waals surface area contributed by atoms with E-state index in [4.69, 9.17) is 5.11 Å². The molecule has 6 heteroatoms. The molecule has 1 heterocycles. The molecule has 1 aromatic carbocycles. The zero-order valence-electron chi connectivity index (χ0n) is 10.2. The predicted molar refractivity (Wildman–Crippen MR) is 69.2 cm³/mol. The summed E-state index contributed by atoms with van der Waals surface area (Å²) in [6, 6.07) is 6.51. The van der Waals surface area contributed by atoms with Gasteiger partial charge < -0.3 is 15.2 Å². The second-order valence-corrected chi connectivity index (χ2v) is 3.83. The number of fused-ring (bicyclic) bond motifs is 1. The molecule has 0 aliphatic rings. The van der Waals surface area contributed by atoms with E-state index in [2.05, 4.69) is 15.0 Å². The number of carbonyl (C=O) groups excluding carboxylic acids is 1. The summed E-state index contributed by atoms with van der Waals surface area (Å²) in [6.07, 6.45) is 1.59. The topological polar surface area (TPSA) is 88.5 Å². The highest BCUT2D eigenvalue weighted by molar-refractivity contribution is 5.98. The highest BCUT2D eigenvalue weighted by Gasteiger charge is 2.08. The third-order valence-corrected chi connectivity index (χ3v) is 2.64. The molecule has 0 saturated heterocycles. The van der Waals surface area contributed by atoms with Crippen LogP contribution in [0.1, 0.15) is 10.4 Å². The summed E-state index contributed by atoms with van der Waals surface area (Å²) in [6.45, 7) is -0.0279. The number of anilines is 1. The molecule has 0 radical (unpaired) electrons. The molecule has 0 aliphatic carbocycles. The van der Waals surface area contributed by atoms with Gasteiger partial charge in [0, 0.05) is 11.6 Å². The third kappa shape index (κ3) is 2.79. The fourth-order valence-corrected chi connectivity index (χ4v) is 1.67. The van der Waals surface area contributed by atoms with E-state index in [0.29, 0.717) is 11.2 Å². The Labute approximate surface area is 109 Å². The summed E-state index contributed by atoms with van der Waals surface area (Å²) in [5.41, 5.74) is 0.168. The number of methoxy groups -OCH3 is 1. The van der Waals surface area contributed by atoms with Crippen molar-refractivity contribution in [3.63, 3.8) is 0 Å². The second-order valence-electron chi connectivity index (χ2n) is 3.83. The average Bonchev–Trinajstić information content (AvgIpc) is 2.43. The van der Waals surface area contributed by atoms with Crippen molar-refractivity contribution in [2.45, 2.75) is 0 Å². The van der Waals surface area contributed by atoms with E-state index in [1.807, 2.05) is 0 Å². The van der Waals surface area contributed by atoms with E-state index < -0.39 is 11.9 Å². The lowest BCUT2D eigenvalue weighted by Gasteiger charge is -2.08. The molecule has 2 aromatic rings. The minimum atomic E-state index is -1.01. The molecule has 98 valence electrons. The maximum Gasteiger partial charge on any atom is 0.335 e. The van der Waals surface area contributed by atoms with Crippen LogP contribution in [0.25, 0.3) is 10.8 Å². The van der Waals surface area contributed by atoms with Gasteiger partial charge in [0.1, 0.15) is 12.4 Å². The van der Waals surface area contributed by atoms with E-state index in [-0.39, 0.29) is 12.1 Å². The summed E-state index contributed by atoms with van der Waals surface area (Å²) in [5, 5.41) is 13.3. The first-order valence-electron chi connectivity index (χ1n) is 5.54. The lowest BCUT2D eigenvalue weighted by molar-refractivity contribution is -0.138.